The average molecular weight is 222 g/mol. The molecule has 0 saturated carbocycles. The molecule has 0 aliphatic heterocycles. The number of halogens is 4. The summed E-state index contributed by atoms with van der Waals surface area (Å²) in [5.74, 6) is -2.31. The molecular formula is C8H6F4N2O. The Morgan fingerprint density at radius 1 is 1.40 bits per heavy atom. The number of pyridine rings is 1. The van der Waals surface area contributed by atoms with Crippen LogP contribution in [0.3, 0.4) is 0 Å². The Bertz CT molecular complexity index is 389. The van der Waals surface area contributed by atoms with E-state index in [9.17, 15) is 22.4 Å². The van der Waals surface area contributed by atoms with E-state index in [1.165, 1.54) is 7.05 Å². The zero-order valence-electron chi connectivity index (χ0n) is 7.52. The summed E-state index contributed by atoms with van der Waals surface area (Å²) >= 11 is 0. The van der Waals surface area contributed by atoms with Crippen molar-refractivity contribution in [3.63, 3.8) is 0 Å². The summed E-state index contributed by atoms with van der Waals surface area (Å²) in [4.78, 5) is 13.8. The first-order valence-corrected chi connectivity index (χ1v) is 3.82. The number of carbonyl (C=O) groups is 1. The lowest BCUT2D eigenvalue weighted by Crippen LogP contribution is -2.22. The molecule has 1 aromatic heterocycles. The standard InChI is InChI=1S/C8H6F4N2O/c1-13-7(15)5-3-2-4(9)6(14-5)8(10,11)12/h2-3H,1H3,(H,13,15). The van der Waals surface area contributed by atoms with Gasteiger partial charge < -0.3 is 5.32 Å². The van der Waals surface area contributed by atoms with E-state index in [1.54, 1.807) is 0 Å². The summed E-state index contributed by atoms with van der Waals surface area (Å²) in [6.45, 7) is 0. The number of aromatic nitrogens is 1. The van der Waals surface area contributed by atoms with E-state index < -0.39 is 29.3 Å². The topological polar surface area (TPSA) is 42.0 Å². The second kappa shape index (κ2) is 3.84. The van der Waals surface area contributed by atoms with Gasteiger partial charge in [0, 0.05) is 7.05 Å². The van der Waals surface area contributed by atoms with Crippen LogP contribution in [0.1, 0.15) is 16.2 Å². The van der Waals surface area contributed by atoms with Crippen molar-refractivity contribution in [3.05, 3.63) is 29.3 Å². The maximum absolute atomic E-state index is 12.7. The van der Waals surface area contributed by atoms with E-state index in [1.807, 2.05) is 0 Å². The molecule has 1 amide bonds. The summed E-state index contributed by atoms with van der Waals surface area (Å²) in [6.07, 6.45) is -4.91. The number of alkyl halides is 3. The molecule has 0 bridgehead atoms. The van der Waals surface area contributed by atoms with Gasteiger partial charge in [0.2, 0.25) is 0 Å². The minimum absolute atomic E-state index is 0.480. The van der Waals surface area contributed by atoms with Gasteiger partial charge in [-0.25, -0.2) is 9.37 Å². The number of hydrogen-bond acceptors (Lipinski definition) is 2. The van der Waals surface area contributed by atoms with Crippen molar-refractivity contribution in [2.24, 2.45) is 0 Å². The fourth-order valence-electron chi connectivity index (χ4n) is 0.895. The zero-order chi connectivity index (χ0) is 11.6. The second-order valence-electron chi connectivity index (χ2n) is 2.60. The zero-order valence-corrected chi connectivity index (χ0v) is 7.52. The Morgan fingerprint density at radius 3 is 2.47 bits per heavy atom. The molecule has 0 radical (unpaired) electrons. The van der Waals surface area contributed by atoms with Crippen LogP contribution in [0.2, 0.25) is 0 Å². The first kappa shape index (κ1) is 11.4. The van der Waals surface area contributed by atoms with E-state index in [0.717, 1.165) is 6.07 Å². The maximum atomic E-state index is 12.7. The van der Waals surface area contributed by atoms with Gasteiger partial charge in [0.15, 0.2) is 11.5 Å². The Balaban J connectivity index is 3.23. The molecule has 1 rings (SSSR count). The van der Waals surface area contributed by atoms with Crippen molar-refractivity contribution in [2.75, 3.05) is 7.05 Å². The van der Waals surface area contributed by atoms with Crippen LogP contribution in [0.15, 0.2) is 12.1 Å². The molecule has 0 aromatic carbocycles. The van der Waals surface area contributed by atoms with Crippen LogP contribution >= 0.6 is 0 Å². The van der Waals surface area contributed by atoms with Crippen molar-refractivity contribution in [1.29, 1.82) is 0 Å². The molecule has 3 nitrogen and oxygen atoms in total. The number of hydrogen-bond donors (Lipinski definition) is 1. The van der Waals surface area contributed by atoms with E-state index in [-0.39, 0.29) is 0 Å². The number of amides is 1. The van der Waals surface area contributed by atoms with Gasteiger partial charge in [-0.2, -0.15) is 13.2 Å². The fourth-order valence-corrected chi connectivity index (χ4v) is 0.895. The van der Waals surface area contributed by atoms with E-state index in [2.05, 4.69) is 10.3 Å². The molecule has 0 aliphatic rings. The molecule has 7 heteroatoms. The fraction of sp³-hybridized carbons (Fsp3) is 0.250. The largest absolute Gasteiger partial charge is 0.436 e. The summed E-state index contributed by atoms with van der Waals surface area (Å²) in [6, 6.07) is 1.43. The lowest BCUT2D eigenvalue weighted by molar-refractivity contribution is -0.143. The molecular weight excluding hydrogens is 216 g/mol. The molecule has 0 saturated heterocycles. The minimum Gasteiger partial charge on any atom is -0.354 e. The molecule has 1 N–H and O–H groups in total. The third-order valence-electron chi connectivity index (χ3n) is 1.57. The van der Waals surface area contributed by atoms with Crippen LogP contribution in [0.5, 0.6) is 0 Å². The average Bonchev–Trinajstić information content (AvgIpc) is 2.15. The van der Waals surface area contributed by atoms with E-state index >= 15 is 0 Å². The minimum atomic E-state index is -4.91. The number of carbonyl (C=O) groups excluding carboxylic acids is 1. The van der Waals surface area contributed by atoms with Crippen molar-refractivity contribution in [3.8, 4) is 0 Å². The third-order valence-corrected chi connectivity index (χ3v) is 1.57. The Kier molecular flexibility index (Phi) is 2.92. The SMILES string of the molecule is CNC(=O)c1ccc(F)c(C(F)(F)F)n1. The monoisotopic (exact) mass is 222 g/mol. The summed E-state index contributed by atoms with van der Waals surface area (Å²) in [7, 11) is 1.24. The molecule has 82 valence electrons. The third kappa shape index (κ3) is 2.42. The van der Waals surface area contributed by atoms with Crippen LogP contribution < -0.4 is 5.32 Å². The van der Waals surface area contributed by atoms with Gasteiger partial charge in [0.1, 0.15) is 5.69 Å². The molecule has 1 heterocycles. The highest BCUT2D eigenvalue weighted by molar-refractivity contribution is 5.92. The number of nitrogens with one attached hydrogen (secondary N) is 1. The predicted molar refractivity (Wildman–Crippen MR) is 42.6 cm³/mol. The van der Waals surface area contributed by atoms with Crippen LogP contribution in [-0.4, -0.2) is 17.9 Å². The van der Waals surface area contributed by atoms with Crippen molar-refractivity contribution in [1.82, 2.24) is 10.3 Å². The van der Waals surface area contributed by atoms with Crippen LogP contribution in [-0.2, 0) is 6.18 Å². The van der Waals surface area contributed by atoms with Gasteiger partial charge in [0.05, 0.1) is 0 Å². The maximum Gasteiger partial charge on any atom is 0.436 e. The van der Waals surface area contributed by atoms with Crippen molar-refractivity contribution >= 4 is 5.91 Å². The highest BCUT2D eigenvalue weighted by Crippen LogP contribution is 2.29. The molecule has 1 aromatic rings. The van der Waals surface area contributed by atoms with Gasteiger partial charge in [-0.05, 0) is 12.1 Å². The Morgan fingerprint density at radius 2 is 2.00 bits per heavy atom. The van der Waals surface area contributed by atoms with Crippen molar-refractivity contribution in [2.45, 2.75) is 6.18 Å². The Hall–Kier alpha value is -1.66. The number of nitrogens with zero attached hydrogens (tertiary/aromatic N) is 1. The van der Waals surface area contributed by atoms with E-state index in [4.69, 9.17) is 0 Å². The molecule has 0 fully saturated rings. The van der Waals surface area contributed by atoms with Crippen LogP contribution in [0, 0.1) is 5.82 Å². The molecule has 0 atom stereocenters. The lowest BCUT2D eigenvalue weighted by Gasteiger charge is -2.07. The van der Waals surface area contributed by atoms with Gasteiger partial charge in [-0.1, -0.05) is 0 Å². The molecule has 0 aliphatic carbocycles. The normalized spacial score (nSPS) is 11.3. The quantitative estimate of drug-likeness (QED) is 0.733. The summed E-state index contributed by atoms with van der Waals surface area (Å²) < 4.78 is 49.2. The molecule has 0 unspecified atom stereocenters. The van der Waals surface area contributed by atoms with Crippen LogP contribution in [0.25, 0.3) is 0 Å². The first-order chi connectivity index (χ1) is 6.86. The van der Waals surface area contributed by atoms with E-state index in [0.29, 0.717) is 6.07 Å². The predicted octanol–water partition coefficient (Wildman–Crippen LogP) is 1.60. The first-order valence-electron chi connectivity index (χ1n) is 3.82. The van der Waals surface area contributed by atoms with Gasteiger partial charge in [0.25, 0.3) is 5.91 Å². The number of rotatable bonds is 1. The highest BCUT2D eigenvalue weighted by atomic mass is 19.4. The highest BCUT2D eigenvalue weighted by Gasteiger charge is 2.36. The van der Waals surface area contributed by atoms with Gasteiger partial charge in [-0.15, -0.1) is 0 Å². The lowest BCUT2D eigenvalue weighted by atomic mass is 10.2. The second-order valence-corrected chi connectivity index (χ2v) is 2.60. The Labute approximate surface area is 82.1 Å². The molecule has 0 spiro atoms. The smallest absolute Gasteiger partial charge is 0.354 e. The van der Waals surface area contributed by atoms with Crippen molar-refractivity contribution < 1.29 is 22.4 Å². The summed E-state index contributed by atoms with van der Waals surface area (Å²) in [5, 5.41) is 2.09. The van der Waals surface area contributed by atoms with Crippen LogP contribution in [0.4, 0.5) is 17.6 Å². The molecule has 15 heavy (non-hydrogen) atoms. The van der Waals surface area contributed by atoms with Gasteiger partial charge >= 0.3 is 6.18 Å². The summed E-state index contributed by atoms with van der Waals surface area (Å²) in [5.41, 5.74) is -2.17. The van der Waals surface area contributed by atoms with Gasteiger partial charge in [-0.3, -0.25) is 4.79 Å².